The Hall–Kier alpha value is -4.71. The molecule has 0 fully saturated rings. The Morgan fingerprint density at radius 3 is 1.18 bits per heavy atom. The van der Waals surface area contributed by atoms with Crippen LogP contribution in [0.25, 0.3) is 0 Å². The van der Waals surface area contributed by atoms with E-state index >= 15 is 0 Å². The molecule has 314 valence electrons. The van der Waals surface area contributed by atoms with Crippen molar-refractivity contribution in [3.05, 3.63) is 146 Å². The molecule has 57 heavy (non-hydrogen) atoms. The summed E-state index contributed by atoms with van der Waals surface area (Å²) in [6.45, 7) is 6.13. The van der Waals surface area contributed by atoms with Crippen LogP contribution in [-0.2, 0) is 28.6 Å². The van der Waals surface area contributed by atoms with Crippen molar-refractivity contribution in [1.82, 2.24) is 0 Å². The van der Waals surface area contributed by atoms with Crippen molar-refractivity contribution in [3.63, 3.8) is 0 Å². The number of esters is 3. The minimum atomic E-state index is -0.848. The maximum Gasteiger partial charge on any atom is 0.306 e. The highest BCUT2D eigenvalue weighted by molar-refractivity contribution is 5.71. The molecule has 0 aromatic rings. The third-order valence-corrected chi connectivity index (χ3v) is 8.10. The van der Waals surface area contributed by atoms with E-state index in [0.29, 0.717) is 25.7 Å². The summed E-state index contributed by atoms with van der Waals surface area (Å²) in [6, 6.07) is 0. The molecule has 0 bridgehead atoms. The minimum absolute atomic E-state index is 0.144. The average molecular weight is 783 g/mol. The second kappa shape index (κ2) is 44.0. The molecule has 0 aliphatic heterocycles. The molecule has 6 nitrogen and oxygen atoms in total. The van der Waals surface area contributed by atoms with Crippen molar-refractivity contribution in [2.75, 3.05) is 13.2 Å². The van der Waals surface area contributed by atoms with Gasteiger partial charge in [-0.25, -0.2) is 0 Å². The van der Waals surface area contributed by atoms with Gasteiger partial charge in [0.25, 0.3) is 0 Å². The van der Waals surface area contributed by atoms with Crippen LogP contribution in [0.4, 0.5) is 0 Å². The number of ether oxygens (including phenoxy) is 3. The molecule has 0 aromatic carbocycles. The molecule has 0 amide bonds. The number of unbranched alkanes of at least 4 members (excludes halogenated alkanes) is 9. The van der Waals surface area contributed by atoms with E-state index < -0.39 is 12.1 Å². The third kappa shape index (κ3) is 42.3. The number of carbonyl (C=O) groups excluding carboxylic acids is 3. The van der Waals surface area contributed by atoms with Crippen LogP contribution in [0.5, 0.6) is 0 Å². The van der Waals surface area contributed by atoms with Gasteiger partial charge in [-0.2, -0.15) is 0 Å². The Balaban J connectivity index is 4.65. The Labute approximate surface area is 347 Å². The summed E-state index contributed by atoms with van der Waals surface area (Å²) in [7, 11) is 0. The first-order chi connectivity index (χ1) is 28.0. The van der Waals surface area contributed by atoms with Crippen LogP contribution >= 0.6 is 0 Å². The van der Waals surface area contributed by atoms with E-state index in [2.05, 4.69) is 51.2 Å². The van der Waals surface area contributed by atoms with Crippen LogP contribution in [0.1, 0.15) is 136 Å². The van der Waals surface area contributed by atoms with Crippen LogP contribution in [0.3, 0.4) is 0 Å². The van der Waals surface area contributed by atoms with Crippen LogP contribution in [0.2, 0.25) is 0 Å². The second-order valence-electron chi connectivity index (χ2n) is 13.4. The van der Waals surface area contributed by atoms with Gasteiger partial charge in [0.2, 0.25) is 0 Å². The standard InChI is InChI=1S/C51H74O6/c1-4-7-10-13-16-19-21-23-24-25-26-28-29-32-35-38-41-44-50(53)56-47-48(46-55-49(52)43-40-37-34-31-18-15-12-9-6-3)57-51(54)45-42-39-36-33-30-27-22-20-17-14-11-8-5-2/h7-8,10-11,13-14,16-17,19-31,33-34,36,48H,4-6,9,12,15,18,32,35,37-47H2,1-3H3/b10-7-,11-8-,16-13-,17-14-,21-19-,22-20-,24-23-,26-25+,29-28-,30-27-,34-31-,36-33-. The summed E-state index contributed by atoms with van der Waals surface area (Å²) in [5.41, 5.74) is 0. The zero-order valence-electron chi connectivity index (χ0n) is 35.5. The highest BCUT2D eigenvalue weighted by Gasteiger charge is 2.19. The highest BCUT2D eigenvalue weighted by atomic mass is 16.6. The van der Waals surface area contributed by atoms with Crippen molar-refractivity contribution in [1.29, 1.82) is 0 Å². The Morgan fingerprint density at radius 2 is 0.719 bits per heavy atom. The van der Waals surface area contributed by atoms with Gasteiger partial charge in [0.05, 0.1) is 0 Å². The number of carbonyl (C=O) groups is 3. The van der Waals surface area contributed by atoms with Crippen LogP contribution in [0.15, 0.2) is 146 Å². The molecule has 0 saturated carbocycles. The molecule has 0 heterocycles. The summed E-state index contributed by atoms with van der Waals surface area (Å²) < 4.78 is 16.5. The molecule has 1 atom stereocenters. The topological polar surface area (TPSA) is 78.9 Å². The Kier molecular flexibility index (Phi) is 40.4. The maximum atomic E-state index is 12.7. The third-order valence-electron chi connectivity index (χ3n) is 8.10. The predicted octanol–water partition coefficient (Wildman–Crippen LogP) is 13.7. The molecule has 0 rings (SSSR count). The molecular formula is C51H74O6. The smallest absolute Gasteiger partial charge is 0.306 e. The van der Waals surface area contributed by atoms with Crippen molar-refractivity contribution in [3.8, 4) is 0 Å². The number of hydrogen-bond donors (Lipinski definition) is 0. The summed E-state index contributed by atoms with van der Waals surface area (Å²) >= 11 is 0. The van der Waals surface area contributed by atoms with Gasteiger partial charge in [-0.1, -0.05) is 192 Å². The summed E-state index contributed by atoms with van der Waals surface area (Å²) in [4.78, 5) is 37.6. The monoisotopic (exact) mass is 783 g/mol. The average Bonchev–Trinajstić information content (AvgIpc) is 3.21. The van der Waals surface area contributed by atoms with Crippen molar-refractivity contribution in [2.45, 2.75) is 142 Å². The van der Waals surface area contributed by atoms with E-state index in [0.717, 1.165) is 44.9 Å². The molecule has 0 radical (unpaired) electrons. The van der Waals surface area contributed by atoms with E-state index in [9.17, 15) is 14.4 Å². The van der Waals surface area contributed by atoms with Gasteiger partial charge in [-0.15, -0.1) is 0 Å². The molecule has 1 unspecified atom stereocenters. The molecule has 0 saturated heterocycles. The lowest BCUT2D eigenvalue weighted by atomic mass is 10.1. The van der Waals surface area contributed by atoms with Gasteiger partial charge in [0.1, 0.15) is 13.2 Å². The molecule has 0 aliphatic carbocycles. The molecule has 0 N–H and O–H groups in total. The largest absolute Gasteiger partial charge is 0.462 e. The Morgan fingerprint density at radius 1 is 0.368 bits per heavy atom. The van der Waals surface area contributed by atoms with Gasteiger partial charge in [-0.3, -0.25) is 14.4 Å². The molecular weight excluding hydrogens is 709 g/mol. The van der Waals surface area contributed by atoms with Crippen LogP contribution in [0, 0.1) is 0 Å². The van der Waals surface area contributed by atoms with E-state index in [1.54, 1.807) is 0 Å². The normalized spacial score (nSPS) is 13.5. The van der Waals surface area contributed by atoms with Crippen LogP contribution in [-0.4, -0.2) is 37.2 Å². The maximum absolute atomic E-state index is 12.7. The van der Waals surface area contributed by atoms with E-state index in [-0.39, 0.29) is 44.4 Å². The highest BCUT2D eigenvalue weighted by Crippen LogP contribution is 2.09. The van der Waals surface area contributed by atoms with Crippen LogP contribution < -0.4 is 0 Å². The first-order valence-corrected chi connectivity index (χ1v) is 21.5. The number of hydrogen-bond acceptors (Lipinski definition) is 6. The molecule has 6 heteroatoms. The summed E-state index contributed by atoms with van der Waals surface area (Å²) in [5, 5.41) is 0. The lowest BCUT2D eigenvalue weighted by Gasteiger charge is -2.18. The van der Waals surface area contributed by atoms with Crippen molar-refractivity contribution < 1.29 is 28.6 Å². The van der Waals surface area contributed by atoms with Gasteiger partial charge in [0, 0.05) is 19.3 Å². The lowest BCUT2D eigenvalue weighted by molar-refractivity contribution is -0.167. The van der Waals surface area contributed by atoms with Gasteiger partial charge in [-0.05, 0) is 70.6 Å². The summed E-state index contributed by atoms with van der Waals surface area (Å²) in [5.74, 6) is -1.12. The first kappa shape index (κ1) is 52.3. The number of allylic oxidation sites excluding steroid dienone is 24. The fourth-order valence-corrected chi connectivity index (χ4v) is 4.92. The zero-order chi connectivity index (χ0) is 41.5. The predicted molar refractivity (Wildman–Crippen MR) is 242 cm³/mol. The second-order valence-corrected chi connectivity index (χ2v) is 13.4. The molecule has 0 spiro atoms. The van der Waals surface area contributed by atoms with Gasteiger partial charge < -0.3 is 14.2 Å². The zero-order valence-corrected chi connectivity index (χ0v) is 35.5. The fourth-order valence-electron chi connectivity index (χ4n) is 4.92. The van der Waals surface area contributed by atoms with Crippen molar-refractivity contribution >= 4 is 17.9 Å². The minimum Gasteiger partial charge on any atom is -0.462 e. The fraction of sp³-hybridized carbons (Fsp3) is 0.471. The quantitative estimate of drug-likeness (QED) is 0.0209. The van der Waals surface area contributed by atoms with Gasteiger partial charge in [0.15, 0.2) is 6.10 Å². The summed E-state index contributed by atoms with van der Waals surface area (Å²) in [6.07, 6.45) is 62.7. The van der Waals surface area contributed by atoms with E-state index in [1.165, 1.54) is 25.7 Å². The number of rotatable bonds is 35. The van der Waals surface area contributed by atoms with E-state index in [1.807, 2.05) is 115 Å². The van der Waals surface area contributed by atoms with Crippen molar-refractivity contribution in [2.24, 2.45) is 0 Å². The Bertz CT molecular complexity index is 1360. The lowest BCUT2D eigenvalue weighted by Crippen LogP contribution is -2.30. The first-order valence-electron chi connectivity index (χ1n) is 21.5. The molecule has 0 aliphatic rings. The van der Waals surface area contributed by atoms with Gasteiger partial charge >= 0.3 is 17.9 Å². The SMILES string of the molecule is CC\C=C/C=C\C=C/C=C\C=C/CCCC(=O)OC(COC(=O)CCC/C=C\CCCCCC)COC(=O)CCCCC\C=C/C=C/C=C\C=C/C=C\C=C/CC. The molecule has 0 aromatic heterocycles. The van der Waals surface area contributed by atoms with E-state index in [4.69, 9.17) is 14.2 Å².